The summed E-state index contributed by atoms with van der Waals surface area (Å²) in [5, 5.41) is 10.8. The van der Waals surface area contributed by atoms with E-state index in [-0.39, 0.29) is 17.2 Å². The van der Waals surface area contributed by atoms with Gasteiger partial charge in [-0.15, -0.1) is 5.10 Å². The Morgan fingerprint density at radius 3 is 2.84 bits per heavy atom. The topological polar surface area (TPSA) is 81.3 Å². The number of aromatic nitrogens is 4. The van der Waals surface area contributed by atoms with Crippen LogP contribution in [0.4, 0.5) is 4.39 Å². The summed E-state index contributed by atoms with van der Waals surface area (Å²) in [6.45, 7) is 1.38. The van der Waals surface area contributed by atoms with Crippen LogP contribution in [0.25, 0.3) is 5.65 Å². The lowest BCUT2D eigenvalue weighted by atomic mass is 10.1. The summed E-state index contributed by atoms with van der Waals surface area (Å²) in [6, 6.07) is 5.26. The van der Waals surface area contributed by atoms with Crippen LogP contribution in [0.2, 0.25) is 10.0 Å². The van der Waals surface area contributed by atoms with Gasteiger partial charge in [0.25, 0.3) is 0 Å². The zero-order valence-electron chi connectivity index (χ0n) is 12.9. The molecule has 7 nitrogen and oxygen atoms in total. The smallest absolute Gasteiger partial charge is 0.348 e. The molecule has 0 aliphatic rings. The highest BCUT2D eigenvalue weighted by atomic mass is 35.5. The van der Waals surface area contributed by atoms with Crippen molar-refractivity contribution in [3.8, 4) is 0 Å². The van der Waals surface area contributed by atoms with Crippen LogP contribution in [0.1, 0.15) is 18.5 Å². The van der Waals surface area contributed by atoms with Crippen molar-refractivity contribution in [2.24, 2.45) is 0 Å². The lowest BCUT2D eigenvalue weighted by Gasteiger charge is -2.14. The molecule has 0 bridgehead atoms. The lowest BCUT2D eigenvalue weighted by Crippen LogP contribution is -2.34. The fourth-order valence-corrected chi connectivity index (χ4v) is 2.54. The van der Waals surface area contributed by atoms with Crippen LogP contribution in [0.15, 0.2) is 35.3 Å². The van der Waals surface area contributed by atoms with Gasteiger partial charge in [0.05, 0.1) is 22.3 Å². The molecule has 0 saturated heterocycles. The number of benzene rings is 1. The number of fused-ring (bicyclic) bond motifs is 1. The van der Waals surface area contributed by atoms with Crippen molar-refractivity contribution < 1.29 is 9.18 Å². The first kappa shape index (κ1) is 17.4. The van der Waals surface area contributed by atoms with E-state index >= 15 is 0 Å². The van der Waals surface area contributed by atoms with Crippen molar-refractivity contribution in [1.29, 1.82) is 0 Å². The van der Waals surface area contributed by atoms with E-state index in [0.717, 1.165) is 9.20 Å². The summed E-state index contributed by atoms with van der Waals surface area (Å²) >= 11 is 11.4. The summed E-state index contributed by atoms with van der Waals surface area (Å²) in [7, 11) is 0. The number of hydrogen-bond acceptors (Lipinski definition) is 4. The Morgan fingerprint density at radius 1 is 1.36 bits per heavy atom. The number of hydrogen-bond donors (Lipinski definition) is 1. The minimum Gasteiger partial charge on any atom is -0.348 e. The number of halogens is 3. The van der Waals surface area contributed by atoms with Crippen LogP contribution in [0, 0.1) is 5.82 Å². The maximum absolute atomic E-state index is 13.5. The predicted molar refractivity (Wildman–Crippen MR) is 90.2 cm³/mol. The van der Waals surface area contributed by atoms with Gasteiger partial charge in [-0.25, -0.2) is 13.9 Å². The average Bonchev–Trinajstić information content (AvgIpc) is 2.85. The molecule has 1 amide bonds. The zero-order chi connectivity index (χ0) is 18.1. The van der Waals surface area contributed by atoms with Gasteiger partial charge >= 0.3 is 5.69 Å². The van der Waals surface area contributed by atoms with Gasteiger partial charge in [-0.05, 0) is 24.6 Å². The number of nitrogens with zero attached hydrogens (tertiary/aromatic N) is 4. The molecule has 130 valence electrons. The van der Waals surface area contributed by atoms with Crippen LogP contribution in [-0.4, -0.2) is 25.3 Å². The van der Waals surface area contributed by atoms with Crippen molar-refractivity contribution in [3.63, 3.8) is 0 Å². The van der Waals surface area contributed by atoms with E-state index in [2.05, 4.69) is 15.5 Å². The number of nitrogens with one attached hydrogen (secondary N) is 1. The van der Waals surface area contributed by atoms with Crippen molar-refractivity contribution >= 4 is 34.8 Å². The largest absolute Gasteiger partial charge is 0.367 e. The Labute approximate surface area is 151 Å². The molecule has 1 atom stereocenters. The summed E-state index contributed by atoms with van der Waals surface area (Å²) in [4.78, 5) is 24.3. The SMILES string of the molecule is C[C@H](NC(=O)Cn1nc2cc(Cl)cnn2c1=O)c1ccc(Cl)c(F)c1. The molecule has 3 rings (SSSR count). The molecule has 10 heteroatoms. The number of carbonyl (C=O) groups is 1. The highest BCUT2D eigenvalue weighted by molar-refractivity contribution is 6.31. The third-order valence-electron chi connectivity index (χ3n) is 3.52. The third kappa shape index (κ3) is 3.64. The fourth-order valence-electron chi connectivity index (χ4n) is 2.28. The minimum absolute atomic E-state index is 0.00434. The van der Waals surface area contributed by atoms with E-state index in [4.69, 9.17) is 23.2 Å². The Hall–Kier alpha value is -2.45. The highest BCUT2D eigenvalue weighted by Crippen LogP contribution is 2.20. The van der Waals surface area contributed by atoms with E-state index < -0.39 is 23.5 Å². The average molecular weight is 384 g/mol. The second-order valence-corrected chi connectivity index (χ2v) is 6.19. The van der Waals surface area contributed by atoms with Gasteiger partial charge in [0.15, 0.2) is 5.65 Å². The minimum atomic E-state index is -0.570. The second kappa shape index (κ2) is 6.81. The van der Waals surface area contributed by atoms with E-state index in [1.54, 1.807) is 13.0 Å². The first-order valence-corrected chi connectivity index (χ1v) is 7.96. The van der Waals surface area contributed by atoms with Crippen LogP contribution in [-0.2, 0) is 11.3 Å². The predicted octanol–water partition coefficient (Wildman–Crippen LogP) is 2.21. The first-order chi connectivity index (χ1) is 11.8. The molecule has 0 unspecified atom stereocenters. The molecule has 0 saturated carbocycles. The molecule has 0 aliphatic heterocycles. The van der Waals surface area contributed by atoms with Crippen LogP contribution in [0.3, 0.4) is 0 Å². The Balaban J connectivity index is 1.75. The van der Waals surface area contributed by atoms with Gasteiger partial charge in [0.2, 0.25) is 5.91 Å². The molecule has 1 aromatic carbocycles. The Morgan fingerprint density at radius 2 is 2.12 bits per heavy atom. The zero-order valence-corrected chi connectivity index (χ0v) is 14.4. The summed E-state index contributed by atoms with van der Waals surface area (Å²) in [5.41, 5.74) is 0.219. The van der Waals surface area contributed by atoms with Crippen LogP contribution in [0.5, 0.6) is 0 Å². The molecule has 0 spiro atoms. The van der Waals surface area contributed by atoms with Crippen molar-refractivity contribution in [1.82, 2.24) is 24.7 Å². The fraction of sp³-hybridized carbons (Fsp3) is 0.200. The molecular formula is C15H12Cl2FN5O2. The molecule has 25 heavy (non-hydrogen) atoms. The number of carbonyl (C=O) groups excluding carboxylic acids is 1. The summed E-state index contributed by atoms with van der Waals surface area (Å²) in [5.74, 6) is -1.03. The Bertz CT molecular complexity index is 1020. The molecular weight excluding hydrogens is 372 g/mol. The normalized spacial score (nSPS) is 12.3. The van der Waals surface area contributed by atoms with E-state index in [0.29, 0.717) is 10.6 Å². The van der Waals surface area contributed by atoms with E-state index in [9.17, 15) is 14.0 Å². The van der Waals surface area contributed by atoms with Gasteiger partial charge in [-0.3, -0.25) is 4.79 Å². The van der Waals surface area contributed by atoms with Gasteiger partial charge in [-0.1, -0.05) is 29.3 Å². The van der Waals surface area contributed by atoms with E-state index in [1.807, 2.05) is 0 Å². The van der Waals surface area contributed by atoms with E-state index in [1.165, 1.54) is 24.4 Å². The highest BCUT2D eigenvalue weighted by Gasteiger charge is 2.15. The number of amides is 1. The van der Waals surface area contributed by atoms with Gasteiger partial charge in [-0.2, -0.15) is 9.61 Å². The lowest BCUT2D eigenvalue weighted by molar-refractivity contribution is -0.122. The van der Waals surface area contributed by atoms with Crippen molar-refractivity contribution in [3.05, 3.63) is 62.4 Å². The molecule has 3 aromatic rings. The molecule has 0 radical (unpaired) electrons. The Kier molecular flexibility index (Phi) is 4.73. The first-order valence-electron chi connectivity index (χ1n) is 7.21. The molecule has 0 fully saturated rings. The maximum Gasteiger partial charge on any atom is 0.367 e. The van der Waals surface area contributed by atoms with Gasteiger partial charge in [0, 0.05) is 6.07 Å². The van der Waals surface area contributed by atoms with Crippen LogP contribution < -0.4 is 11.0 Å². The molecule has 2 aromatic heterocycles. The van der Waals surface area contributed by atoms with Crippen LogP contribution >= 0.6 is 23.2 Å². The number of rotatable bonds is 4. The quantitative estimate of drug-likeness (QED) is 0.748. The second-order valence-electron chi connectivity index (χ2n) is 5.35. The van der Waals surface area contributed by atoms with Gasteiger partial charge in [0.1, 0.15) is 12.4 Å². The third-order valence-corrected chi connectivity index (χ3v) is 4.03. The van der Waals surface area contributed by atoms with Gasteiger partial charge < -0.3 is 5.32 Å². The maximum atomic E-state index is 13.5. The summed E-state index contributed by atoms with van der Waals surface area (Å²) in [6.07, 6.45) is 1.30. The summed E-state index contributed by atoms with van der Waals surface area (Å²) < 4.78 is 15.5. The molecule has 1 N–H and O–H groups in total. The van der Waals surface area contributed by atoms with Crippen molar-refractivity contribution in [2.75, 3.05) is 0 Å². The molecule has 2 heterocycles. The molecule has 0 aliphatic carbocycles. The van der Waals surface area contributed by atoms with Crippen molar-refractivity contribution in [2.45, 2.75) is 19.5 Å². The standard InChI is InChI=1S/C15H12Cl2FN5O2/c1-8(9-2-3-11(17)12(18)4-9)20-14(24)7-22-15(25)23-13(21-22)5-10(16)6-19-23/h2-6,8H,7H2,1H3,(H,20,24)/t8-/m0/s1. The monoisotopic (exact) mass is 383 g/mol.